The van der Waals surface area contributed by atoms with Gasteiger partial charge in [-0.05, 0) is 45.3 Å². The van der Waals surface area contributed by atoms with Gasteiger partial charge in [-0.15, -0.1) is 0 Å². The van der Waals surface area contributed by atoms with Gasteiger partial charge in [0.25, 0.3) is 0 Å². The molecule has 0 aromatic carbocycles. The third kappa shape index (κ3) is 48.6. The van der Waals surface area contributed by atoms with Crippen LogP contribution in [-0.2, 0) is 9.22 Å². The van der Waals surface area contributed by atoms with Crippen LogP contribution in [0.25, 0.3) is 0 Å². The lowest BCUT2D eigenvalue weighted by Gasteiger charge is -2.35. The Morgan fingerprint density at radius 1 is 0.406 bits per heavy atom. The van der Waals surface area contributed by atoms with Gasteiger partial charge in [-0.1, -0.05) is 315 Å². The Kier molecular flexibility index (Phi) is 54.2. The Hall–Kier alpha value is 0.157. The van der Waals surface area contributed by atoms with E-state index >= 15 is 0 Å². The van der Waals surface area contributed by atoms with Crippen LogP contribution >= 0.6 is 11.8 Å². The Bertz CT molecular complexity index is 847. The topological polar surface area (TPSA) is 38.3 Å². The van der Waals surface area contributed by atoms with Crippen molar-refractivity contribution < 1.29 is 9.22 Å². The van der Waals surface area contributed by atoms with Crippen molar-refractivity contribution in [1.82, 2.24) is 5.32 Å². The van der Waals surface area contributed by atoms with Crippen molar-refractivity contribution in [3.05, 3.63) is 0 Å². The van der Waals surface area contributed by atoms with Gasteiger partial charge in [0.15, 0.2) is 14.2 Å². The van der Waals surface area contributed by atoms with Crippen molar-refractivity contribution in [2.24, 2.45) is 0 Å². The first-order valence-electron chi connectivity index (χ1n) is 30.0. The molecule has 0 saturated carbocycles. The molecule has 0 rings (SSSR count). The maximum Gasteiger partial charge on any atom is 0.188 e. The van der Waals surface area contributed by atoms with Crippen LogP contribution in [0.2, 0.25) is 12.6 Å². The molecule has 384 valence electrons. The molecule has 0 saturated heterocycles. The molecule has 5 heteroatoms. The van der Waals surface area contributed by atoms with Crippen molar-refractivity contribution in [2.75, 3.05) is 19.4 Å². The van der Waals surface area contributed by atoms with E-state index in [9.17, 15) is 4.79 Å². The molecule has 0 aliphatic rings. The van der Waals surface area contributed by atoms with Crippen LogP contribution in [-0.4, -0.2) is 39.1 Å². The molecular formula is C59H121NO2SSi. The molecule has 0 heterocycles. The van der Waals surface area contributed by atoms with E-state index in [0.717, 1.165) is 31.6 Å². The third-order valence-corrected chi connectivity index (χ3v) is 17.7. The number of hydrogen-bond donors (Lipinski definition) is 1. The highest BCUT2D eigenvalue weighted by molar-refractivity contribution is 8.13. The van der Waals surface area contributed by atoms with Gasteiger partial charge in [0.1, 0.15) is 0 Å². The Morgan fingerprint density at radius 2 is 0.672 bits per heavy atom. The summed E-state index contributed by atoms with van der Waals surface area (Å²) < 4.78 is 6.80. The molecule has 1 N–H and O–H groups in total. The summed E-state index contributed by atoms with van der Waals surface area (Å²) in [5, 5.41) is 4.28. The van der Waals surface area contributed by atoms with Crippen LogP contribution < -0.4 is 5.32 Å². The molecule has 64 heavy (non-hydrogen) atoms. The zero-order chi connectivity index (χ0) is 46.5. The number of likely N-dealkylation sites (N-methyl/N-ethyl adjacent to an activating group) is 1. The predicted octanol–water partition coefficient (Wildman–Crippen LogP) is 20.7. The Morgan fingerprint density at radius 3 is 0.953 bits per heavy atom. The van der Waals surface area contributed by atoms with Crippen LogP contribution in [0.1, 0.15) is 335 Å². The van der Waals surface area contributed by atoms with Gasteiger partial charge in [-0.3, -0.25) is 4.79 Å². The van der Waals surface area contributed by atoms with Crippen LogP contribution in [0.3, 0.4) is 0 Å². The van der Waals surface area contributed by atoms with Crippen molar-refractivity contribution >= 4 is 25.9 Å². The number of rotatable bonds is 56. The van der Waals surface area contributed by atoms with Crippen molar-refractivity contribution in [3.63, 3.8) is 0 Å². The first kappa shape index (κ1) is 64.2. The lowest BCUT2D eigenvalue weighted by molar-refractivity contribution is -0.111. The van der Waals surface area contributed by atoms with E-state index in [4.69, 9.17) is 4.43 Å². The van der Waals surface area contributed by atoms with E-state index in [-0.39, 0.29) is 5.54 Å². The second kappa shape index (κ2) is 54.1. The van der Waals surface area contributed by atoms with Crippen LogP contribution in [0.15, 0.2) is 0 Å². The van der Waals surface area contributed by atoms with Crippen LogP contribution in [0.4, 0.5) is 0 Å². The van der Waals surface area contributed by atoms with Gasteiger partial charge >= 0.3 is 0 Å². The second-order valence-electron chi connectivity index (χ2n) is 21.1. The highest BCUT2D eigenvalue weighted by Crippen LogP contribution is 2.26. The normalized spacial score (nSPS) is 12.5. The summed E-state index contributed by atoms with van der Waals surface area (Å²) in [6.07, 6.45) is 67.9. The molecule has 0 amide bonds. The summed E-state index contributed by atoms with van der Waals surface area (Å²) >= 11 is 1.60. The van der Waals surface area contributed by atoms with Crippen molar-refractivity contribution in [3.8, 4) is 0 Å². The fraction of sp³-hybridized carbons (Fsp3) is 0.983. The highest BCUT2D eigenvalue weighted by atomic mass is 32.2. The number of carbonyl (C=O) groups is 1. The summed E-state index contributed by atoms with van der Waals surface area (Å²) in [5.74, 6) is 0.979. The fourth-order valence-corrected chi connectivity index (χ4v) is 12.6. The highest BCUT2D eigenvalue weighted by Gasteiger charge is 2.28. The maximum absolute atomic E-state index is 12.5. The summed E-state index contributed by atoms with van der Waals surface area (Å²) in [5.41, 5.74) is 0.131. The number of hydrogen-bond acceptors (Lipinski definition) is 4. The molecule has 0 aliphatic carbocycles. The fourth-order valence-electron chi connectivity index (χ4n) is 9.92. The molecule has 0 fully saturated rings. The molecule has 0 aromatic rings. The molecule has 3 nitrogen and oxygen atoms in total. The molecule has 0 bridgehead atoms. The monoisotopic (exact) mass is 936 g/mol. The first-order valence-corrected chi connectivity index (χ1v) is 33.4. The van der Waals surface area contributed by atoms with E-state index in [2.05, 4.69) is 39.7 Å². The van der Waals surface area contributed by atoms with Crippen molar-refractivity contribution in [1.29, 1.82) is 0 Å². The number of thioether (sulfide) groups is 1. The minimum atomic E-state index is -1.25. The van der Waals surface area contributed by atoms with Gasteiger partial charge in [0.2, 0.25) is 0 Å². The Labute approximate surface area is 411 Å². The molecule has 1 unspecified atom stereocenters. The van der Waals surface area contributed by atoms with E-state index in [0.29, 0.717) is 5.12 Å². The molecule has 0 aromatic heterocycles. The van der Waals surface area contributed by atoms with Gasteiger partial charge in [-0.2, -0.15) is 0 Å². The number of nitrogens with one attached hydrogen (secondary N) is 1. The molecular weight excluding hydrogens is 815 g/mol. The number of unbranched alkanes of at least 4 members (excludes halogenated alkanes) is 42. The maximum atomic E-state index is 12.5. The standard InChI is InChI=1S/C59H121NO2SSi/c1-6-9-12-15-18-21-23-25-27-29-31-33-35-37-40-43-46-49-53-59(60-4,54-50-47-44-41-38-36-34-32-30-28-26-24-22-19-16-13-10-7-2)57-62-64(5)56-51-55-63-58(61)52-48-45-42-39-20-17-14-11-8-3/h60,64H,6-57H2,1-5H3. The van der Waals surface area contributed by atoms with E-state index in [1.165, 1.54) is 301 Å². The van der Waals surface area contributed by atoms with E-state index in [1.54, 1.807) is 11.8 Å². The summed E-state index contributed by atoms with van der Waals surface area (Å²) in [6.45, 7) is 10.2. The minimum Gasteiger partial charge on any atom is -0.418 e. The largest absolute Gasteiger partial charge is 0.418 e. The van der Waals surface area contributed by atoms with Gasteiger partial charge in [-0.25, -0.2) is 0 Å². The molecule has 0 aliphatic heterocycles. The van der Waals surface area contributed by atoms with Gasteiger partial charge in [0, 0.05) is 17.7 Å². The summed E-state index contributed by atoms with van der Waals surface area (Å²) in [6, 6.07) is 1.19. The Balaban J connectivity index is 4.38. The predicted molar refractivity (Wildman–Crippen MR) is 296 cm³/mol. The first-order chi connectivity index (χ1) is 31.5. The minimum absolute atomic E-state index is 0.131. The molecule has 1 atom stereocenters. The lowest BCUT2D eigenvalue weighted by Crippen LogP contribution is -2.48. The quantitative estimate of drug-likeness (QED) is 0.0487. The summed E-state index contributed by atoms with van der Waals surface area (Å²) in [4.78, 5) is 12.5. The average Bonchev–Trinajstić information content (AvgIpc) is 3.30. The molecule has 0 radical (unpaired) electrons. The van der Waals surface area contributed by atoms with E-state index < -0.39 is 9.04 Å². The van der Waals surface area contributed by atoms with E-state index in [1.807, 2.05) is 0 Å². The SMILES string of the molecule is CCCCCCCCCCCCCCCCCCCCC(CCCCCCCCCCCCCCCCCCCC)(CO[SiH](C)CCCSC(=O)CCCCCCCCCCC)NC. The zero-order valence-electron chi connectivity index (χ0n) is 45.1. The van der Waals surface area contributed by atoms with Crippen molar-refractivity contribution in [2.45, 2.75) is 354 Å². The van der Waals surface area contributed by atoms with Crippen LogP contribution in [0.5, 0.6) is 0 Å². The average molecular weight is 937 g/mol. The zero-order valence-corrected chi connectivity index (χ0v) is 47.0. The number of carbonyl (C=O) groups excluding carboxylic acids is 1. The smallest absolute Gasteiger partial charge is 0.188 e. The molecule has 0 spiro atoms. The second-order valence-corrected chi connectivity index (χ2v) is 24.8. The summed E-state index contributed by atoms with van der Waals surface area (Å²) in [7, 11) is 0.962. The van der Waals surface area contributed by atoms with Gasteiger partial charge in [0.05, 0.1) is 6.61 Å². The third-order valence-electron chi connectivity index (χ3n) is 14.7. The van der Waals surface area contributed by atoms with Gasteiger partial charge < -0.3 is 9.74 Å². The van der Waals surface area contributed by atoms with Crippen LogP contribution in [0, 0.1) is 0 Å². The lowest BCUT2D eigenvalue weighted by atomic mass is 9.87.